The Bertz CT molecular complexity index is 830. The third kappa shape index (κ3) is 6.41. The number of rotatable bonds is 16. The summed E-state index contributed by atoms with van der Waals surface area (Å²) in [5, 5.41) is 46.4. The fraction of sp³-hybridized carbons (Fsp3) is 0.750. The minimum Gasteiger partial charge on any atom is -0.548 e. The van der Waals surface area contributed by atoms with Crippen LogP contribution in [0.15, 0.2) is 0 Å². The van der Waals surface area contributed by atoms with Gasteiger partial charge < -0.3 is 39.0 Å². The van der Waals surface area contributed by atoms with Gasteiger partial charge in [0.05, 0.1) is 60.1 Å². The monoisotopic (exact) mass is 516 g/mol. The molecule has 0 saturated carbocycles. The molecule has 12 heteroatoms. The molecule has 0 aromatic rings. The van der Waals surface area contributed by atoms with Crippen LogP contribution < -0.4 is 10.2 Å². The lowest BCUT2D eigenvalue weighted by Gasteiger charge is -2.42. The number of quaternary nitrogens is 2. The first kappa shape index (κ1) is 33.5. The molecule has 0 aliphatic rings. The Balaban J connectivity index is 7.14. The Hall–Kier alpha value is -2.54. The van der Waals surface area contributed by atoms with Crippen molar-refractivity contribution < 1.29 is 58.2 Å². The molecule has 0 amide bonds. The van der Waals surface area contributed by atoms with Crippen molar-refractivity contribution in [3.63, 3.8) is 0 Å². The lowest BCUT2D eigenvalue weighted by atomic mass is 9.63. The number of hydrogen-bond donors (Lipinski definition) is 2. The molecular weight excluding hydrogens is 476 g/mol. The molecule has 0 spiro atoms. The molecule has 0 radical (unpaired) electrons. The number of aliphatic hydroxyl groups excluding tert-OH is 2. The largest absolute Gasteiger partial charge is 0.548 e. The van der Waals surface area contributed by atoms with E-state index in [0.717, 1.165) is 6.92 Å². The summed E-state index contributed by atoms with van der Waals surface area (Å²) in [6.07, 6.45) is -5.35. The fourth-order valence-corrected chi connectivity index (χ4v) is 4.35. The van der Waals surface area contributed by atoms with Gasteiger partial charge in [-0.3, -0.25) is 19.2 Å². The van der Waals surface area contributed by atoms with E-state index in [4.69, 9.17) is 0 Å². The number of carbonyl (C=O) groups excluding carboxylic acids is 6. The topological polar surface area (TPSA) is 189 Å². The predicted octanol–water partition coefficient (Wildman–Crippen LogP) is -3.67. The van der Waals surface area contributed by atoms with Crippen LogP contribution in [0.2, 0.25) is 0 Å². The number of carboxylic acid groups (broad SMARTS) is 2. The number of likely N-dealkylation sites (N-methyl/N-ethyl adjacent to an activating group) is 2. The number of carbonyl (C=O) groups is 6. The van der Waals surface area contributed by atoms with Crippen molar-refractivity contribution in [2.24, 2.45) is 16.7 Å². The van der Waals surface area contributed by atoms with E-state index in [1.54, 1.807) is 42.3 Å². The van der Waals surface area contributed by atoms with Crippen molar-refractivity contribution in [3.8, 4) is 0 Å². The van der Waals surface area contributed by atoms with Gasteiger partial charge in [0.15, 0.2) is 34.0 Å². The van der Waals surface area contributed by atoms with Crippen LogP contribution in [0.5, 0.6) is 0 Å². The summed E-state index contributed by atoms with van der Waals surface area (Å²) in [6, 6.07) is 0. The average Bonchev–Trinajstić information content (AvgIpc) is 2.70. The summed E-state index contributed by atoms with van der Waals surface area (Å²) in [7, 11) is 9.34. The minimum atomic E-state index is -3.21. The molecule has 0 rings (SSSR count). The number of Topliss-reactive ketones (excluding diaryl/α,β-unsaturated/α-hetero) is 4. The van der Waals surface area contributed by atoms with Crippen molar-refractivity contribution >= 4 is 35.1 Å². The standard InChI is InChI=1S/C24H40N2O10/c1-10-15(27)23(21(33)34,17(29)12-25(4,5)6)19(31)14(3)20(32)24(22(35)36,16(28)11-2)18(30)13-26(7,8)9/h14,17-18,29-30H,10-13H2,1-9H3. The van der Waals surface area contributed by atoms with E-state index < -0.39 is 90.0 Å². The third-order valence-electron chi connectivity index (χ3n) is 6.17. The van der Waals surface area contributed by atoms with E-state index in [-0.39, 0.29) is 8.97 Å². The summed E-state index contributed by atoms with van der Waals surface area (Å²) >= 11 is 0. The van der Waals surface area contributed by atoms with Crippen molar-refractivity contribution in [1.82, 2.24) is 0 Å². The van der Waals surface area contributed by atoms with Crippen molar-refractivity contribution in [3.05, 3.63) is 0 Å². The number of aliphatic carboxylic acids is 2. The second-order valence-electron chi connectivity index (χ2n) is 11.2. The second kappa shape index (κ2) is 11.7. The molecule has 0 fully saturated rings. The van der Waals surface area contributed by atoms with Gasteiger partial charge in [-0.25, -0.2) is 0 Å². The van der Waals surface area contributed by atoms with Crippen LogP contribution in [0.3, 0.4) is 0 Å². The maximum absolute atomic E-state index is 13.6. The molecule has 0 aromatic carbocycles. The van der Waals surface area contributed by atoms with Crippen LogP contribution in [0.25, 0.3) is 0 Å². The van der Waals surface area contributed by atoms with Gasteiger partial charge >= 0.3 is 0 Å². The van der Waals surface area contributed by atoms with Gasteiger partial charge in [0, 0.05) is 12.8 Å². The maximum atomic E-state index is 13.6. The molecule has 12 nitrogen and oxygen atoms in total. The zero-order chi connectivity index (χ0) is 29.0. The first-order chi connectivity index (χ1) is 16.1. The Kier molecular flexibility index (Phi) is 10.9. The molecule has 0 aromatic heterocycles. The van der Waals surface area contributed by atoms with Gasteiger partial charge in [-0.15, -0.1) is 0 Å². The Labute approximate surface area is 211 Å². The smallest absolute Gasteiger partial charge is 0.165 e. The fourth-order valence-electron chi connectivity index (χ4n) is 4.35. The van der Waals surface area contributed by atoms with E-state index in [0.29, 0.717) is 0 Å². The van der Waals surface area contributed by atoms with Gasteiger partial charge in [0.2, 0.25) is 0 Å². The maximum Gasteiger partial charge on any atom is 0.165 e. The van der Waals surface area contributed by atoms with Crippen LogP contribution in [0.4, 0.5) is 0 Å². The van der Waals surface area contributed by atoms with Crippen molar-refractivity contribution in [2.75, 3.05) is 55.4 Å². The second-order valence-corrected chi connectivity index (χ2v) is 11.2. The molecule has 2 N–H and O–H groups in total. The molecule has 0 aliphatic heterocycles. The van der Waals surface area contributed by atoms with Gasteiger partial charge in [-0.1, -0.05) is 13.8 Å². The minimum absolute atomic E-state index is 0.0810. The van der Waals surface area contributed by atoms with Crippen LogP contribution in [0, 0.1) is 16.7 Å². The van der Waals surface area contributed by atoms with Crippen LogP contribution in [-0.4, -0.2) is 122 Å². The molecule has 0 bridgehead atoms. The zero-order valence-corrected chi connectivity index (χ0v) is 22.6. The third-order valence-corrected chi connectivity index (χ3v) is 6.17. The zero-order valence-electron chi connectivity index (χ0n) is 22.6. The van der Waals surface area contributed by atoms with E-state index in [9.17, 15) is 49.2 Å². The number of aliphatic hydroxyl groups is 2. The highest BCUT2D eigenvalue weighted by Gasteiger charge is 2.61. The first-order valence-corrected chi connectivity index (χ1v) is 11.6. The van der Waals surface area contributed by atoms with Crippen LogP contribution >= 0.6 is 0 Å². The highest BCUT2D eigenvalue weighted by Crippen LogP contribution is 2.36. The van der Waals surface area contributed by atoms with E-state index in [1.165, 1.54) is 13.8 Å². The summed E-state index contributed by atoms with van der Waals surface area (Å²) < 4.78 is -0.162. The van der Waals surface area contributed by atoms with E-state index in [2.05, 4.69) is 0 Å². The lowest BCUT2D eigenvalue weighted by molar-refractivity contribution is -0.874. The van der Waals surface area contributed by atoms with Gasteiger partial charge in [-0.05, 0) is 6.92 Å². The first-order valence-electron chi connectivity index (χ1n) is 11.6. The normalized spacial score (nSPS) is 18.2. The molecule has 4 atom stereocenters. The SMILES string of the molecule is CCC(=O)C(C(=O)[O-])(C(=O)C(C)C(=O)C(C(=O)[O-])(C(=O)CC)C(O)C[N+](C)(C)C)C(O)C[N+](C)(C)C. The molecule has 0 aliphatic carbocycles. The van der Waals surface area contributed by atoms with Gasteiger partial charge in [-0.2, -0.15) is 0 Å². The summed E-state index contributed by atoms with van der Waals surface area (Å²) in [5.74, 6) is -12.5. The Morgan fingerprint density at radius 1 is 0.667 bits per heavy atom. The number of nitrogens with zero attached hydrogens (tertiary/aromatic N) is 2. The molecule has 4 unspecified atom stereocenters. The number of ketones is 4. The summed E-state index contributed by atoms with van der Waals surface area (Å²) in [6.45, 7) is 2.49. The quantitative estimate of drug-likeness (QED) is 0.153. The van der Waals surface area contributed by atoms with E-state index in [1.807, 2.05) is 0 Å². The van der Waals surface area contributed by atoms with Crippen LogP contribution in [0.1, 0.15) is 33.6 Å². The molecule has 36 heavy (non-hydrogen) atoms. The average molecular weight is 517 g/mol. The molecule has 0 saturated heterocycles. The van der Waals surface area contributed by atoms with Crippen molar-refractivity contribution in [2.45, 2.75) is 45.8 Å². The van der Waals surface area contributed by atoms with Gasteiger partial charge in [0.25, 0.3) is 0 Å². The highest BCUT2D eigenvalue weighted by atomic mass is 16.4. The molecular formula is C24H40N2O10. The lowest BCUT2D eigenvalue weighted by Crippen LogP contribution is -2.68. The Morgan fingerprint density at radius 2 is 0.917 bits per heavy atom. The molecule has 206 valence electrons. The number of hydrogen-bond acceptors (Lipinski definition) is 10. The summed E-state index contributed by atoms with van der Waals surface area (Å²) in [5.41, 5.74) is -6.43. The number of carboxylic acids is 2. The molecule has 0 heterocycles. The summed E-state index contributed by atoms with van der Waals surface area (Å²) in [4.78, 5) is 77.7. The Morgan fingerprint density at radius 3 is 1.08 bits per heavy atom. The highest BCUT2D eigenvalue weighted by molar-refractivity contribution is 6.31. The van der Waals surface area contributed by atoms with E-state index >= 15 is 0 Å². The van der Waals surface area contributed by atoms with Gasteiger partial charge in [0.1, 0.15) is 25.3 Å². The predicted molar refractivity (Wildman–Crippen MR) is 122 cm³/mol. The van der Waals surface area contributed by atoms with Crippen LogP contribution in [-0.2, 0) is 28.8 Å². The van der Waals surface area contributed by atoms with Crippen molar-refractivity contribution in [1.29, 1.82) is 0 Å².